The van der Waals surface area contributed by atoms with Crippen LogP contribution in [0.1, 0.15) is 0 Å². The van der Waals surface area contributed by atoms with Crippen molar-refractivity contribution >= 4 is 24.0 Å². The van der Waals surface area contributed by atoms with Crippen LogP contribution in [0.2, 0.25) is 0 Å². The van der Waals surface area contributed by atoms with Crippen LogP contribution in [0.3, 0.4) is 0 Å². The van der Waals surface area contributed by atoms with Crippen molar-refractivity contribution in [2.24, 2.45) is 0 Å². The zero-order valence-electron chi connectivity index (χ0n) is 10.0. The molecule has 0 atom stereocenters. The van der Waals surface area contributed by atoms with Crippen LogP contribution in [0.5, 0.6) is 0 Å². The lowest BCUT2D eigenvalue weighted by Gasteiger charge is -1.92. The van der Waals surface area contributed by atoms with Crippen LogP contribution in [0.25, 0.3) is 0 Å². The maximum Gasteiger partial charge on any atom is 0.551 e. The number of nitrogens with zero attached hydrogens (tertiary/aromatic N) is 6. The summed E-state index contributed by atoms with van der Waals surface area (Å²) >= 11 is 0. The fourth-order valence-electron chi connectivity index (χ4n) is 0.748. The first-order valence-electron chi connectivity index (χ1n) is 4.48. The summed E-state index contributed by atoms with van der Waals surface area (Å²) in [5.74, 6) is 0. The van der Waals surface area contributed by atoms with Crippen LogP contribution >= 0.6 is 24.0 Å². The first-order chi connectivity index (χ1) is 6.91. The molecule has 1 aromatic heterocycles. The van der Waals surface area contributed by atoms with E-state index in [-0.39, 0.29) is 0 Å². The van der Waals surface area contributed by atoms with Gasteiger partial charge in [0.2, 0.25) is 13.5 Å². The van der Waals surface area contributed by atoms with Crippen molar-refractivity contribution in [3.05, 3.63) is 0 Å². The quantitative estimate of drug-likeness (QED) is 0.822. The Balaban J connectivity index is 3.20. The van der Waals surface area contributed by atoms with Crippen molar-refractivity contribution in [3.8, 4) is 0 Å². The summed E-state index contributed by atoms with van der Waals surface area (Å²) in [5.41, 5.74) is 0. The van der Waals surface area contributed by atoms with Gasteiger partial charge in [0.25, 0.3) is 0 Å². The molecule has 84 valence electrons. The number of hydrogen-bond acceptors (Lipinski definition) is 6. The molecule has 0 radical (unpaired) electrons. The Labute approximate surface area is 94.3 Å². The molecule has 9 heteroatoms. The summed E-state index contributed by atoms with van der Waals surface area (Å²) in [6, 6.07) is 0. The van der Waals surface area contributed by atoms with Gasteiger partial charge in [-0.2, -0.15) is 0 Å². The number of aromatic nitrogens is 3. The van der Waals surface area contributed by atoms with Gasteiger partial charge in [0, 0.05) is 42.3 Å². The number of rotatable bonds is 3. The highest BCUT2D eigenvalue weighted by Crippen LogP contribution is 2.36. The molecule has 1 heterocycles. The van der Waals surface area contributed by atoms with Crippen molar-refractivity contribution in [2.75, 3.05) is 56.3 Å². The lowest BCUT2D eigenvalue weighted by molar-refractivity contribution is 1.20. The summed E-state index contributed by atoms with van der Waals surface area (Å²) in [6.07, 6.45) is 0. The van der Waals surface area contributed by atoms with Crippen molar-refractivity contribution < 1.29 is 0 Å². The predicted molar refractivity (Wildman–Crippen MR) is 71.4 cm³/mol. The Morgan fingerprint density at radius 2 is 0.733 bits per heavy atom. The van der Waals surface area contributed by atoms with Gasteiger partial charge in [-0.05, 0) is 0 Å². The van der Waals surface area contributed by atoms with Gasteiger partial charge in [-0.1, -0.05) is 14.0 Å². The van der Waals surface area contributed by atoms with E-state index in [1.807, 2.05) is 42.3 Å². The molecule has 0 bridgehead atoms. The highest BCUT2D eigenvalue weighted by atomic mass is 31.2. The van der Waals surface area contributed by atoms with Gasteiger partial charge in [0.1, 0.15) is 0 Å². The minimum absolute atomic E-state index is 0.710. The number of hydrogen-bond donors (Lipinski definition) is 0. The second-order valence-corrected chi connectivity index (χ2v) is 9.77. The molecule has 6 nitrogen and oxygen atoms in total. The van der Waals surface area contributed by atoms with Gasteiger partial charge < -0.3 is 0 Å². The predicted octanol–water partition coefficient (Wildman–Crippen LogP) is 1.27. The molecular weight excluding hydrogens is 249 g/mol. The van der Waals surface area contributed by atoms with Crippen LogP contribution in [-0.2, 0) is 0 Å². The largest absolute Gasteiger partial charge is 0.551 e. The van der Waals surface area contributed by atoms with Gasteiger partial charge in [-0.15, -0.1) is 0 Å². The third kappa shape index (κ3) is 3.60. The van der Waals surface area contributed by atoms with Crippen LogP contribution in [0, 0.1) is 0 Å². The van der Waals surface area contributed by atoms with Crippen molar-refractivity contribution in [2.45, 2.75) is 0 Å². The first-order valence-corrected chi connectivity index (χ1v) is 8.08. The average Bonchev–Trinajstić information content (AvgIpc) is 2.16. The summed E-state index contributed by atoms with van der Waals surface area (Å²) in [6.45, 7) is 0. The van der Waals surface area contributed by atoms with Gasteiger partial charge >= 0.3 is 24.0 Å². The normalized spacial score (nSPS) is 15.4. The molecule has 0 aliphatic rings. The van der Waals surface area contributed by atoms with Gasteiger partial charge in [-0.3, -0.25) is 0 Å². The van der Waals surface area contributed by atoms with E-state index in [0.29, 0.717) is 0 Å². The second kappa shape index (κ2) is 5.49. The Kier molecular flexibility index (Phi) is 4.85. The minimum Gasteiger partial charge on any atom is -0.0893 e. The zero-order chi connectivity index (χ0) is 11.6. The van der Waals surface area contributed by atoms with Crippen LogP contribution in [-0.4, -0.2) is 55.8 Å². The maximum absolute atomic E-state index is 4.65. The Bertz CT molecular complexity index is 277. The van der Waals surface area contributed by atoms with Crippen molar-refractivity contribution in [1.82, 2.24) is 13.5 Å². The van der Waals surface area contributed by atoms with Crippen LogP contribution < -0.4 is 14.0 Å². The van der Waals surface area contributed by atoms with Crippen LogP contribution in [0.15, 0.2) is 0 Å². The first kappa shape index (κ1) is 13.2. The highest BCUT2D eigenvalue weighted by Gasteiger charge is 2.40. The van der Waals surface area contributed by atoms with E-state index in [2.05, 4.69) is 27.5 Å². The summed E-state index contributed by atoms with van der Waals surface area (Å²) in [4.78, 5) is 0. The molecule has 15 heavy (non-hydrogen) atoms. The molecule has 0 spiro atoms. The lowest BCUT2D eigenvalue weighted by Crippen LogP contribution is -2.13. The van der Waals surface area contributed by atoms with E-state index in [4.69, 9.17) is 0 Å². The molecule has 0 amide bonds. The Morgan fingerprint density at radius 3 is 0.867 bits per heavy atom. The standard InChI is InChI=1S/C6H18N6P3/c1-10(2)13-7-14(11(3)4)9-15(8-13)12(5)6/h1-6H3/q+3. The molecule has 0 saturated carbocycles. The average molecular weight is 267 g/mol. The molecule has 0 unspecified atom stereocenters. The summed E-state index contributed by atoms with van der Waals surface area (Å²) in [5, 5.41) is 0. The minimum atomic E-state index is -0.710. The molecule has 0 aromatic carbocycles. The molecule has 0 aliphatic heterocycles. The van der Waals surface area contributed by atoms with E-state index >= 15 is 0 Å². The smallest absolute Gasteiger partial charge is 0.0893 e. The molecule has 0 aliphatic carbocycles. The molecule has 0 saturated heterocycles. The Morgan fingerprint density at radius 1 is 0.533 bits per heavy atom. The van der Waals surface area contributed by atoms with Crippen LogP contribution in [0.4, 0.5) is 0 Å². The maximum atomic E-state index is 4.65. The van der Waals surface area contributed by atoms with E-state index in [1.165, 1.54) is 0 Å². The SMILES string of the molecule is CN(C)[p+]1n[p+](N(C)C)n[p+](N(C)C)n1. The van der Waals surface area contributed by atoms with Crippen molar-refractivity contribution in [1.29, 1.82) is 0 Å². The molecule has 1 aromatic rings. The highest BCUT2D eigenvalue weighted by molar-refractivity contribution is 7.64. The van der Waals surface area contributed by atoms with E-state index in [1.54, 1.807) is 0 Å². The third-order valence-electron chi connectivity index (χ3n) is 1.55. The van der Waals surface area contributed by atoms with Gasteiger partial charge in [0.05, 0.1) is 0 Å². The van der Waals surface area contributed by atoms with E-state index in [9.17, 15) is 0 Å². The zero-order valence-corrected chi connectivity index (χ0v) is 12.7. The van der Waals surface area contributed by atoms with Crippen molar-refractivity contribution in [3.63, 3.8) is 0 Å². The van der Waals surface area contributed by atoms with E-state index < -0.39 is 24.0 Å². The second-order valence-electron chi connectivity index (χ2n) is 3.61. The fourth-order valence-corrected chi connectivity index (χ4v) is 7.70. The molecular formula is C6H18N6P3+3. The monoisotopic (exact) mass is 267 g/mol. The fraction of sp³-hybridized carbons (Fsp3) is 1.00. The Hall–Kier alpha value is 0.180. The van der Waals surface area contributed by atoms with E-state index in [0.717, 1.165) is 0 Å². The topological polar surface area (TPSA) is 48.4 Å². The third-order valence-corrected chi connectivity index (χ3v) is 7.54. The molecule has 1 rings (SSSR count). The van der Waals surface area contributed by atoms with Gasteiger partial charge in [-0.25, -0.2) is 0 Å². The molecule has 0 fully saturated rings. The summed E-state index contributed by atoms with van der Waals surface area (Å²) < 4.78 is 20.2. The lowest BCUT2D eigenvalue weighted by atomic mass is 11.3. The van der Waals surface area contributed by atoms with Gasteiger partial charge in [0.15, 0.2) is 0 Å². The summed E-state index contributed by atoms with van der Waals surface area (Å²) in [7, 11) is 10.0. The molecule has 0 N–H and O–H groups in total.